The Hall–Kier alpha value is -2.31. The highest BCUT2D eigenvalue weighted by atomic mass is 35.5. The maximum Gasteiger partial charge on any atom is 0.153 e. The van der Waals surface area contributed by atoms with Crippen molar-refractivity contribution in [2.45, 2.75) is 13.8 Å². The summed E-state index contributed by atoms with van der Waals surface area (Å²) in [5.74, 6) is 1.09. The topological polar surface area (TPSA) is 50.1 Å². The molecule has 0 aromatic heterocycles. The molecule has 0 aliphatic carbocycles. The van der Waals surface area contributed by atoms with Crippen LogP contribution in [0.3, 0.4) is 0 Å². The lowest BCUT2D eigenvalue weighted by Crippen LogP contribution is -1.95. The molecule has 2 rings (SSSR count). The van der Waals surface area contributed by atoms with Crippen LogP contribution < -0.4 is 4.74 Å². The number of nitrogens with zero attached hydrogens (tertiary/aromatic N) is 1. The highest BCUT2D eigenvalue weighted by molar-refractivity contribution is 6.30. The Balaban J connectivity index is 2.46. The molecule has 0 saturated carbocycles. The van der Waals surface area contributed by atoms with E-state index in [1.54, 1.807) is 30.3 Å². The fourth-order valence-corrected chi connectivity index (χ4v) is 2.17. The minimum absolute atomic E-state index is 0.389. The van der Waals surface area contributed by atoms with Crippen LogP contribution in [-0.4, -0.2) is 6.29 Å². The zero-order valence-corrected chi connectivity index (χ0v) is 11.9. The van der Waals surface area contributed by atoms with Crippen LogP contribution in [0, 0.1) is 25.2 Å². The molecule has 0 heterocycles. The number of carbonyl (C=O) groups is 1. The number of aryl methyl sites for hydroxylation is 2. The molecule has 0 radical (unpaired) electrons. The predicted molar refractivity (Wildman–Crippen MR) is 77.5 cm³/mol. The zero-order valence-electron chi connectivity index (χ0n) is 11.1. The molecule has 0 aliphatic heterocycles. The summed E-state index contributed by atoms with van der Waals surface area (Å²) in [6.45, 7) is 3.72. The first kappa shape index (κ1) is 14.1. The fourth-order valence-electron chi connectivity index (χ4n) is 1.99. The Morgan fingerprint density at radius 2 is 1.85 bits per heavy atom. The molecule has 2 aromatic carbocycles. The van der Waals surface area contributed by atoms with Gasteiger partial charge in [0.2, 0.25) is 0 Å². The summed E-state index contributed by atoms with van der Waals surface area (Å²) >= 11 is 5.85. The number of benzene rings is 2. The third-order valence-electron chi connectivity index (χ3n) is 2.90. The van der Waals surface area contributed by atoms with Crippen LogP contribution in [0.2, 0.25) is 5.02 Å². The third-order valence-corrected chi connectivity index (χ3v) is 3.14. The average molecular weight is 286 g/mol. The van der Waals surface area contributed by atoms with Gasteiger partial charge in [0.05, 0.1) is 17.2 Å². The van der Waals surface area contributed by atoms with Crippen LogP contribution >= 0.6 is 11.6 Å². The summed E-state index contributed by atoms with van der Waals surface area (Å²) in [4.78, 5) is 11.1. The number of nitriles is 1. The van der Waals surface area contributed by atoms with Crippen LogP contribution in [0.1, 0.15) is 27.0 Å². The smallest absolute Gasteiger partial charge is 0.153 e. The van der Waals surface area contributed by atoms with Crippen molar-refractivity contribution in [3.8, 4) is 17.6 Å². The summed E-state index contributed by atoms with van der Waals surface area (Å²) in [7, 11) is 0. The number of rotatable bonds is 3. The van der Waals surface area contributed by atoms with E-state index in [2.05, 4.69) is 6.07 Å². The van der Waals surface area contributed by atoms with E-state index in [9.17, 15) is 4.79 Å². The summed E-state index contributed by atoms with van der Waals surface area (Å²) in [6.07, 6.45) is 0.704. The van der Waals surface area contributed by atoms with Crippen molar-refractivity contribution in [2.24, 2.45) is 0 Å². The summed E-state index contributed by atoms with van der Waals surface area (Å²) in [6, 6.07) is 10.5. The van der Waals surface area contributed by atoms with Crippen LogP contribution in [0.5, 0.6) is 11.5 Å². The summed E-state index contributed by atoms with van der Waals surface area (Å²) < 4.78 is 5.82. The molecule has 3 nitrogen and oxygen atoms in total. The Bertz CT molecular complexity index is 694. The lowest BCUT2D eigenvalue weighted by molar-refractivity contribution is 0.112. The molecule has 0 bridgehead atoms. The molecule has 0 spiro atoms. The SMILES string of the molecule is Cc1cc(C#N)cc(C)c1Oc1ccc(Cl)cc1C=O. The summed E-state index contributed by atoms with van der Waals surface area (Å²) in [5.41, 5.74) is 2.65. The van der Waals surface area contributed by atoms with Crippen molar-refractivity contribution in [1.82, 2.24) is 0 Å². The lowest BCUT2D eigenvalue weighted by atomic mass is 10.1. The molecular formula is C16H12ClNO2. The molecule has 0 fully saturated rings. The highest BCUT2D eigenvalue weighted by Gasteiger charge is 2.11. The van der Waals surface area contributed by atoms with E-state index in [0.717, 1.165) is 11.1 Å². The Morgan fingerprint density at radius 3 is 2.40 bits per heavy atom. The monoisotopic (exact) mass is 285 g/mol. The first-order chi connectivity index (χ1) is 9.55. The molecule has 0 aliphatic rings. The van der Waals surface area contributed by atoms with Gasteiger partial charge in [0.1, 0.15) is 11.5 Å². The van der Waals surface area contributed by atoms with Crippen LogP contribution in [-0.2, 0) is 0 Å². The summed E-state index contributed by atoms with van der Waals surface area (Å²) in [5, 5.41) is 9.41. The molecular weight excluding hydrogens is 274 g/mol. The molecule has 20 heavy (non-hydrogen) atoms. The zero-order chi connectivity index (χ0) is 14.7. The quantitative estimate of drug-likeness (QED) is 0.784. The van der Waals surface area contributed by atoms with E-state index in [0.29, 0.717) is 33.9 Å². The number of carbonyl (C=O) groups excluding carboxylic acids is 1. The van der Waals surface area contributed by atoms with E-state index in [4.69, 9.17) is 21.6 Å². The predicted octanol–water partition coefficient (Wildman–Crippen LogP) is 4.43. The Morgan fingerprint density at radius 1 is 1.20 bits per heavy atom. The minimum atomic E-state index is 0.389. The molecule has 100 valence electrons. The van der Waals surface area contributed by atoms with Gasteiger partial charge in [-0.25, -0.2) is 0 Å². The van der Waals surface area contributed by atoms with Gasteiger partial charge < -0.3 is 4.74 Å². The Labute approximate surface area is 122 Å². The van der Waals surface area contributed by atoms with Gasteiger partial charge in [0.25, 0.3) is 0 Å². The van der Waals surface area contributed by atoms with Gasteiger partial charge >= 0.3 is 0 Å². The first-order valence-electron chi connectivity index (χ1n) is 5.99. The molecule has 0 N–H and O–H groups in total. The van der Waals surface area contributed by atoms with E-state index in [1.165, 1.54) is 0 Å². The van der Waals surface area contributed by atoms with E-state index in [-0.39, 0.29) is 0 Å². The molecule has 0 saturated heterocycles. The average Bonchev–Trinajstić information content (AvgIpc) is 2.43. The van der Waals surface area contributed by atoms with Gasteiger partial charge in [-0.1, -0.05) is 11.6 Å². The van der Waals surface area contributed by atoms with Crippen molar-refractivity contribution in [3.63, 3.8) is 0 Å². The van der Waals surface area contributed by atoms with Crippen LogP contribution in [0.25, 0.3) is 0 Å². The molecule has 0 amide bonds. The number of halogens is 1. The second kappa shape index (κ2) is 5.77. The van der Waals surface area contributed by atoms with Gasteiger partial charge in [-0.15, -0.1) is 0 Å². The van der Waals surface area contributed by atoms with Crippen LogP contribution in [0.4, 0.5) is 0 Å². The number of aldehydes is 1. The van der Waals surface area contributed by atoms with Crippen LogP contribution in [0.15, 0.2) is 30.3 Å². The van der Waals surface area contributed by atoms with Crippen molar-refractivity contribution in [1.29, 1.82) is 5.26 Å². The highest BCUT2D eigenvalue weighted by Crippen LogP contribution is 2.32. The van der Waals surface area contributed by atoms with E-state index >= 15 is 0 Å². The minimum Gasteiger partial charge on any atom is -0.456 e. The molecule has 0 atom stereocenters. The normalized spacial score (nSPS) is 9.90. The van der Waals surface area contributed by atoms with Crippen molar-refractivity contribution in [3.05, 3.63) is 57.6 Å². The molecule has 4 heteroatoms. The van der Waals surface area contributed by atoms with E-state index in [1.807, 2.05) is 13.8 Å². The van der Waals surface area contributed by atoms with Crippen molar-refractivity contribution >= 4 is 17.9 Å². The van der Waals surface area contributed by atoms with Gasteiger partial charge in [0, 0.05) is 5.02 Å². The number of hydrogen-bond donors (Lipinski definition) is 0. The van der Waals surface area contributed by atoms with Gasteiger partial charge in [-0.05, 0) is 55.3 Å². The molecule has 2 aromatic rings. The largest absolute Gasteiger partial charge is 0.456 e. The Kier molecular flexibility index (Phi) is 4.07. The first-order valence-corrected chi connectivity index (χ1v) is 6.37. The van der Waals surface area contributed by atoms with Crippen molar-refractivity contribution in [2.75, 3.05) is 0 Å². The maximum atomic E-state index is 11.1. The number of hydrogen-bond acceptors (Lipinski definition) is 3. The second-order valence-electron chi connectivity index (χ2n) is 4.45. The fraction of sp³-hybridized carbons (Fsp3) is 0.125. The van der Waals surface area contributed by atoms with Crippen molar-refractivity contribution < 1.29 is 9.53 Å². The van der Waals surface area contributed by atoms with Gasteiger partial charge in [0.15, 0.2) is 6.29 Å². The lowest BCUT2D eigenvalue weighted by Gasteiger charge is -2.13. The molecule has 0 unspecified atom stereocenters. The second-order valence-corrected chi connectivity index (χ2v) is 4.89. The third kappa shape index (κ3) is 2.81. The van der Waals surface area contributed by atoms with Gasteiger partial charge in [-0.2, -0.15) is 5.26 Å². The maximum absolute atomic E-state index is 11.1. The van der Waals surface area contributed by atoms with Gasteiger partial charge in [-0.3, -0.25) is 4.79 Å². The van der Waals surface area contributed by atoms with E-state index < -0.39 is 0 Å². The standard InChI is InChI=1S/C16H12ClNO2/c1-10-5-12(8-18)6-11(2)16(10)20-15-4-3-14(17)7-13(15)9-19/h3-7,9H,1-2H3. The number of ether oxygens (including phenoxy) is 1.